The van der Waals surface area contributed by atoms with Crippen LogP contribution in [0.3, 0.4) is 0 Å². The molecule has 1 aromatic heterocycles. The van der Waals surface area contributed by atoms with E-state index in [1.807, 2.05) is 24.3 Å². The van der Waals surface area contributed by atoms with Gasteiger partial charge in [0.2, 0.25) is 6.79 Å². The van der Waals surface area contributed by atoms with Crippen molar-refractivity contribution in [3.63, 3.8) is 0 Å². The number of imide groups is 1. The van der Waals surface area contributed by atoms with Crippen LogP contribution in [0.1, 0.15) is 17.5 Å². The number of hydrogen-bond donors (Lipinski definition) is 1. The summed E-state index contributed by atoms with van der Waals surface area (Å²) in [4.78, 5) is 31.4. The summed E-state index contributed by atoms with van der Waals surface area (Å²) >= 11 is 1.48. The summed E-state index contributed by atoms with van der Waals surface area (Å²) in [7, 11) is 0. The van der Waals surface area contributed by atoms with Crippen molar-refractivity contribution in [1.29, 1.82) is 0 Å². The summed E-state index contributed by atoms with van der Waals surface area (Å²) in [6.45, 7) is 1.99. The monoisotopic (exact) mass is 381 g/mol. The van der Waals surface area contributed by atoms with Crippen molar-refractivity contribution in [2.24, 2.45) is 0 Å². The molecule has 1 atom stereocenters. The highest BCUT2D eigenvalue weighted by Gasteiger charge is 2.49. The van der Waals surface area contributed by atoms with Gasteiger partial charge in [0.1, 0.15) is 10.5 Å². The largest absolute Gasteiger partial charge is 0.454 e. The molecular formula is C19H15N3O4S. The maximum atomic E-state index is 13.1. The summed E-state index contributed by atoms with van der Waals surface area (Å²) in [6.07, 6.45) is 0. The van der Waals surface area contributed by atoms with Crippen LogP contribution >= 0.6 is 11.3 Å². The summed E-state index contributed by atoms with van der Waals surface area (Å²) in [6, 6.07) is 12.6. The Balaban J connectivity index is 1.45. The number of carbonyl (C=O) groups excluding carboxylic acids is 2. The van der Waals surface area contributed by atoms with Gasteiger partial charge in [-0.15, -0.1) is 11.3 Å². The standard InChI is InChI=1S/C19H15N3O4S/c1-19(11-6-7-13-14(8-11)26-10-25-13)17(23)22(18(24)21-19)9-16-20-12-4-2-3-5-15(12)27-16/h2-8H,9-10H2,1H3,(H,21,24)/t19-/m1/s1. The highest BCUT2D eigenvalue weighted by Crippen LogP contribution is 2.38. The van der Waals surface area contributed by atoms with Crippen LogP contribution in [0.25, 0.3) is 10.2 Å². The molecule has 7 nitrogen and oxygen atoms in total. The van der Waals surface area contributed by atoms with E-state index in [9.17, 15) is 9.59 Å². The van der Waals surface area contributed by atoms with Gasteiger partial charge >= 0.3 is 6.03 Å². The number of para-hydroxylation sites is 1. The Labute approximate surface area is 158 Å². The van der Waals surface area contributed by atoms with Crippen molar-refractivity contribution >= 4 is 33.5 Å². The third-order valence-electron chi connectivity index (χ3n) is 4.86. The maximum absolute atomic E-state index is 13.1. The smallest absolute Gasteiger partial charge is 0.325 e. The van der Waals surface area contributed by atoms with Gasteiger partial charge in [-0.2, -0.15) is 0 Å². The Morgan fingerprint density at radius 3 is 2.85 bits per heavy atom. The summed E-state index contributed by atoms with van der Waals surface area (Å²) in [5, 5.41) is 3.53. The molecule has 0 saturated carbocycles. The quantitative estimate of drug-likeness (QED) is 0.706. The minimum absolute atomic E-state index is 0.143. The molecule has 3 heterocycles. The number of nitrogens with zero attached hydrogens (tertiary/aromatic N) is 2. The normalized spacial score (nSPS) is 21.1. The Bertz CT molecular complexity index is 1060. The van der Waals surface area contributed by atoms with Gasteiger partial charge in [0.15, 0.2) is 11.5 Å². The number of urea groups is 1. The molecular weight excluding hydrogens is 366 g/mol. The molecule has 0 radical (unpaired) electrons. The zero-order valence-corrected chi connectivity index (χ0v) is 15.2. The second kappa shape index (κ2) is 5.68. The van der Waals surface area contributed by atoms with Crippen molar-refractivity contribution in [1.82, 2.24) is 15.2 Å². The molecule has 1 fully saturated rings. The lowest BCUT2D eigenvalue weighted by molar-refractivity contribution is -0.131. The second-order valence-electron chi connectivity index (χ2n) is 6.59. The van der Waals surface area contributed by atoms with Crippen molar-refractivity contribution in [3.8, 4) is 11.5 Å². The fourth-order valence-electron chi connectivity index (χ4n) is 3.37. The minimum Gasteiger partial charge on any atom is -0.454 e. The molecule has 0 bridgehead atoms. The molecule has 2 aromatic carbocycles. The Hall–Kier alpha value is -3.13. The lowest BCUT2D eigenvalue weighted by Crippen LogP contribution is -2.40. The molecule has 2 aliphatic rings. The minimum atomic E-state index is -1.16. The molecule has 1 N–H and O–H groups in total. The first-order valence-corrected chi connectivity index (χ1v) is 9.25. The van der Waals surface area contributed by atoms with E-state index >= 15 is 0 Å². The van der Waals surface area contributed by atoms with Crippen LogP contribution in [0.2, 0.25) is 0 Å². The van der Waals surface area contributed by atoms with E-state index in [0.717, 1.165) is 15.2 Å². The number of benzene rings is 2. The first kappa shape index (κ1) is 16.1. The fraction of sp³-hybridized carbons (Fsp3) is 0.211. The predicted molar refractivity (Wildman–Crippen MR) is 98.6 cm³/mol. The molecule has 0 unspecified atom stereocenters. The molecule has 2 aliphatic heterocycles. The molecule has 27 heavy (non-hydrogen) atoms. The van der Waals surface area contributed by atoms with Crippen LogP contribution in [-0.2, 0) is 16.9 Å². The molecule has 0 aliphatic carbocycles. The first-order chi connectivity index (χ1) is 13.0. The molecule has 0 spiro atoms. The Kier molecular flexibility index (Phi) is 3.38. The third-order valence-corrected chi connectivity index (χ3v) is 5.88. The van der Waals surface area contributed by atoms with Gasteiger partial charge in [0.25, 0.3) is 5.91 Å². The molecule has 1 saturated heterocycles. The molecule has 136 valence electrons. The van der Waals surface area contributed by atoms with Gasteiger partial charge in [-0.05, 0) is 36.8 Å². The zero-order valence-electron chi connectivity index (χ0n) is 14.4. The third kappa shape index (κ3) is 2.44. The number of ether oxygens (including phenoxy) is 2. The van der Waals surface area contributed by atoms with Crippen LogP contribution in [0.5, 0.6) is 11.5 Å². The summed E-state index contributed by atoms with van der Waals surface area (Å²) in [5.74, 6) is 0.886. The van der Waals surface area contributed by atoms with Crippen LogP contribution < -0.4 is 14.8 Å². The SMILES string of the molecule is C[C@]1(c2ccc3c(c2)OCO3)NC(=O)N(Cc2nc3ccccc3s2)C1=O. The number of aromatic nitrogens is 1. The van der Waals surface area contributed by atoms with Crippen molar-refractivity contribution < 1.29 is 19.1 Å². The summed E-state index contributed by atoms with van der Waals surface area (Å²) in [5.41, 5.74) is 0.356. The van der Waals surface area contributed by atoms with E-state index < -0.39 is 11.6 Å². The van der Waals surface area contributed by atoms with Crippen molar-refractivity contribution in [3.05, 3.63) is 53.0 Å². The number of fused-ring (bicyclic) bond motifs is 2. The molecule has 5 rings (SSSR count). The number of nitrogens with one attached hydrogen (secondary N) is 1. The average Bonchev–Trinajstić information content (AvgIpc) is 3.34. The topological polar surface area (TPSA) is 80.8 Å². The van der Waals surface area contributed by atoms with Crippen molar-refractivity contribution in [2.45, 2.75) is 19.0 Å². The summed E-state index contributed by atoms with van der Waals surface area (Å²) < 4.78 is 11.7. The van der Waals surface area contributed by atoms with Gasteiger partial charge in [-0.25, -0.2) is 9.78 Å². The van der Waals surface area contributed by atoms with Gasteiger partial charge in [0.05, 0.1) is 16.8 Å². The number of hydrogen-bond acceptors (Lipinski definition) is 6. The average molecular weight is 381 g/mol. The predicted octanol–water partition coefficient (Wildman–Crippen LogP) is 2.99. The van der Waals surface area contributed by atoms with Crippen LogP contribution in [-0.4, -0.2) is 28.6 Å². The number of rotatable bonds is 3. The molecule has 3 aromatic rings. The van der Waals surface area contributed by atoms with Crippen LogP contribution in [0.15, 0.2) is 42.5 Å². The maximum Gasteiger partial charge on any atom is 0.325 e. The van der Waals surface area contributed by atoms with Gasteiger partial charge in [-0.1, -0.05) is 18.2 Å². The van der Waals surface area contributed by atoms with E-state index in [1.54, 1.807) is 25.1 Å². The van der Waals surface area contributed by atoms with E-state index in [4.69, 9.17) is 9.47 Å². The Morgan fingerprint density at radius 2 is 2.00 bits per heavy atom. The van der Waals surface area contributed by atoms with E-state index in [2.05, 4.69) is 10.3 Å². The van der Waals surface area contributed by atoms with Gasteiger partial charge < -0.3 is 14.8 Å². The highest BCUT2D eigenvalue weighted by atomic mass is 32.1. The number of carbonyl (C=O) groups is 2. The first-order valence-electron chi connectivity index (χ1n) is 8.43. The molecule has 8 heteroatoms. The van der Waals surface area contributed by atoms with Gasteiger partial charge in [0, 0.05) is 0 Å². The van der Waals surface area contributed by atoms with Crippen molar-refractivity contribution in [2.75, 3.05) is 6.79 Å². The van der Waals surface area contributed by atoms with Crippen LogP contribution in [0, 0.1) is 0 Å². The fourth-order valence-corrected chi connectivity index (χ4v) is 4.32. The highest BCUT2D eigenvalue weighted by molar-refractivity contribution is 7.18. The van der Waals surface area contributed by atoms with E-state index in [-0.39, 0.29) is 19.2 Å². The van der Waals surface area contributed by atoms with E-state index in [1.165, 1.54) is 16.2 Å². The lowest BCUT2D eigenvalue weighted by Gasteiger charge is -2.22. The lowest BCUT2D eigenvalue weighted by atomic mass is 9.91. The van der Waals surface area contributed by atoms with Gasteiger partial charge in [-0.3, -0.25) is 9.69 Å². The second-order valence-corrected chi connectivity index (χ2v) is 7.71. The van der Waals surface area contributed by atoms with Crippen LogP contribution in [0.4, 0.5) is 4.79 Å². The molecule has 3 amide bonds. The Morgan fingerprint density at radius 1 is 1.19 bits per heavy atom. The zero-order chi connectivity index (χ0) is 18.6. The number of amides is 3. The van der Waals surface area contributed by atoms with E-state index in [0.29, 0.717) is 17.1 Å². The number of thiazole rings is 1.